The average molecular weight is 484 g/mol. The molecule has 8 heteroatoms. The summed E-state index contributed by atoms with van der Waals surface area (Å²) < 4.78 is 30.3. The Morgan fingerprint density at radius 3 is 2.34 bits per heavy atom. The molecule has 0 bridgehead atoms. The first kappa shape index (κ1) is 25.1. The molecule has 0 unspecified atom stereocenters. The molecule has 35 heavy (non-hydrogen) atoms. The Morgan fingerprint density at radius 1 is 1.03 bits per heavy atom. The number of hydrogen-bond donors (Lipinski definition) is 0. The molecule has 2 aromatic heterocycles. The SMILES string of the molecule is CCCN(CC1CCOCC1)c1c(OC)nn2c(-c3c(OC)cc(COC)cc3OC)cccc12. The van der Waals surface area contributed by atoms with E-state index in [1.54, 1.807) is 28.4 Å². The number of nitrogens with zero attached hydrogens (tertiary/aromatic N) is 3. The number of anilines is 1. The molecule has 0 amide bonds. The van der Waals surface area contributed by atoms with Crippen molar-refractivity contribution in [3.63, 3.8) is 0 Å². The van der Waals surface area contributed by atoms with Gasteiger partial charge in [0.1, 0.15) is 17.2 Å². The highest BCUT2D eigenvalue weighted by Crippen LogP contribution is 2.42. The molecular formula is C27H37N3O5. The summed E-state index contributed by atoms with van der Waals surface area (Å²) in [6, 6.07) is 10.1. The first-order valence-corrected chi connectivity index (χ1v) is 12.3. The van der Waals surface area contributed by atoms with Crippen molar-refractivity contribution in [2.45, 2.75) is 32.8 Å². The molecular weight excluding hydrogens is 446 g/mol. The molecule has 1 aliphatic heterocycles. The Balaban J connectivity index is 1.86. The number of ether oxygens (including phenoxy) is 5. The van der Waals surface area contributed by atoms with Gasteiger partial charge in [0.2, 0.25) is 0 Å². The predicted molar refractivity (Wildman–Crippen MR) is 137 cm³/mol. The maximum atomic E-state index is 5.82. The van der Waals surface area contributed by atoms with E-state index >= 15 is 0 Å². The van der Waals surface area contributed by atoms with Crippen LogP contribution in [0.2, 0.25) is 0 Å². The monoisotopic (exact) mass is 483 g/mol. The molecule has 0 atom stereocenters. The third kappa shape index (κ3) is 5.18. The molecule has 3 heterocycles. The van der Waals surface area contributed by atoms with Crippen molar-refractivity contribution >= 4 is 11.2 Å². The normalized spacial score (nSPS) is 14.3. The van der Waals surface area contributed by atoms with Gasteiger partial charge in [0.25, 0.3) is 5.88 Å². The zero-order valence-electron chi connectivity index (χ0n) is 21.5. The summed E-state index contributed by atoms with van der Waals surface area (Å²) in [7, 11) is 6.69. The molecule has 1 aromatic carbocycles. The van der Waals surface area contributed by atoms with Crippen LogP contribution in [0.3, 0.4) is 0 Å². The zero-order chi connectivity index (χ0) is 24.8. The fourth-order valence-electron chi connectivity index (χ4n) is 4.93. The van der Waals surface area contributed by atoms with Gasteiger partial charge < -0.3 is 28.6 Å². The van der Waals surface area contributed by atoms with E-state index in [-0.39, 0.29) is 0 Å². The molecule has 0 radical (unpaired) electrons. The van der Waals surface area contributed by atoms with Crippen LogP contribution >= 0.6 is 0 Å². The molecule has 190 valence electrons. The van der Waals surface area contributed by atoms with Gasteiger partial charge in [-0.25, -0.2) is 4.52 Å². The van der Waals surface area contributed by atoms with E-state index in [1.165, 1.54) is 0 Å². The Hall–Kier alpha value is -2.97. The Kier molecular flexibility index (Phi) is 8.36. The van der Waals surface area contributed by atoms with Crippen molar-refractivity contribution in [2.24, 2.45) is 5.92 Å². The fraction of sp³-hybridized carbons (Fsp3) is 0.519. The minimum atomic E-state index is 0.467. The molecule has 1 fully saturated rings. The van der Waals surface area contributed by atoms with Gasteiger partial charge in [-0.3, -0.25) is 0 Å². The number of pyridine rings is 1. The summed E-state index contributed by atoms with van der Waals surface area (Å²) in [6.07, 6.45) is 3.19. The summed E-state index contributed by atoms with van der Waals surface area (Å²) in [5.41, 5.74) is 4.69. The number of hydrogen-bond acceptors (Lipinski definition) is 7. The van der Waals surface area contributed by atoms with Crippen LogP contribution in [0.5, 0.6) is 17.4 Å². The quantitative estimate of drug-likeness (QED) is 0.387. The lowest BCUT2D eigenvalue weighted by atomic mass is 9.99. The van der Waals surface area contributed by atoms with Gasteiger partial charge in [-0.05, 0) is 55.0 Å². The number of aromatic nitrogens is 2. The van der Waals surface area contributed by atoms with Gasteiger partial charge >= 0.3 is 0 Å². The standard InChI is InChI=1S/C27H37N3O5/c1-6-12-29(17-19-10-13-35-14-11-19)26-22-9-7-8-21(30(22)28-27(26)34-5)25-23(32-3)15-20(18-31-2)16-24(25)33-4/h7-9,15-16,19H,6,10-14,17-18H2,1-5H3. The molecule has 8 nitrogen and oxygen atoms in total. The number of fused-ring (bicyclic) bond motifs is 1. The summed E-state index contributed by atoms with van der Waals surface area (Å²) in [5.74, 6) is 2.61. The predicted octanol–water partition coefficient (Wildman–Crippen LogP) is 4.82. The second kappa shape index (κ2) is 11.6. The van der Waals surface area contributed by atoms with Crippen LogP contribution < -0.4 is 19.1 Å². The van der Waals surface area contributed by atoms with E-state index in [2.05, 4.69) is 24.0 Å². The molecule has 1 aliphatic rings. The summed E-state index contributed by atoms with van der Waals surface area (Å²) in [5, 5.41) is 4.91. The van der Waals surface area contributed by atoms with Crippen LogP contribution in [0.25, 0.3) is 16.8 Å². The molecule has 0 spiro atoms. The molecule has 1 saturated heterocycles. The third-order valence-corrected chi connectivity index (χ3v) is 6.56. The Morgan fingerprint density at radius 2 is 1.74 bits per heavy atom. The minimum absolute atomic E-state index is 0.467. The Bertz CT molecular complexity index is 1100. The van der Waals surface area contributed by atoms with Gasteiger partial charge in [0.05, 0.1) is 44.7 Å². The van der Waals surface area contributed by atoms with Crippen LogP contribution in [0.15, 0.2) is 30.3 Å². The fourth-order valence-corrected chi connectivity index (χ4v) is 4.93. The highest BCUT2D eigenvalue weighted by molar-refractivity contribution is 5.84. The van der Waals surface area contributed by atoms with Crippen molar-refractivity contribution in [1.82, 2.24) is 9.61 Å². The summed E-state index contributed by atoms with van der Waals surface area (Å²) >= 11 is 0. The smallest absolute Gasteiger partial charge is 0.257 e. The molecule has 4 rings (SSSR count). The van der Waals surface area contributed by atoms with Gasteiger partial charge in [0, 0.05) is 33.4 Å². The maximum Gasteiger partial charge on any atom is 0.257 e. The number of methoxy groups -OCH3 is 4. The highest BCUT2D eigenvalue weighted by Gasteiger charge is 2.26. The van der Waals surface area contributed by atoms with Crippen LogP contribution in [0.4, 0.5) is 5.69 Å². The number of rotatable bonds is 11. The lowest BCUT2D eigenvalue weighted by Crippen LogP contribution is -2.33. The molecule has 0 N–H and O–H groups in total. The van der Waals surface area contributed by atoms with Crippen LogP contribution in [0.1, 0.15) is 31.7 Å². The molecule has 3 aromatic rings. The van der Waals surface area contributed by atoms with Crippen LogP contribution in [-0.4, -0.2) is 64.4 Å². The van der Waals surface area contributed by atoms with Crippen LogP contribution in [-0.2, 0) is 16.1 Å². The second-order valence-corrected chi connectivity index (χ2v) is 8.88. The van der Waals surface area contributed by atoms with Gasteiger partial charge in [-0.2, -0.15) is 0 Å². The van der Waals surface area contributed by atoms with E-state index in [0.29, 0.717) is 29.9 Å². The zero-order valence-corrected chi connectivity index (χ0v) is 21.5. The third-order valence-electron chi connectivity index (χ3n) is 6.56. The largest absolute Gasteiger partial charge is 0.496 e. The van der Waals surface area contributed by atoms with Crippen molar-refractivity contribution in [2.75, 3.05) is 59.6 Å². The lowest BCUT2D eigenvalue weighted by Gasteiger charge is -2.31. The molecule has 0 aliphatic carbocycles. The van der Waals surface area contributed by atoms with Crippen molar-refractivity contribution in [1.29, 1.82) is 0 Å². The van der Waals surface area contributed by atoms with Crippen LogP contribution in [0, 0.1) is 5.92 Å². The second-order valence-electron chi connectivity index (χ2n) is 8.88. The van der Waals surface area contributed by atoms with E-state index in [1.807, 2.05) is 22.7 Å². The van der Waals surface area contributed by atoms with Crippen molar-refractivity contribution in [3.8, 4) is 28.6 Å². The van der Waals surface area contributed by atoms with Crippen molar-refractivity contribution < 1.29 is 23.7 Å². The van der Waals surface area contributed by atoms with Gasteiger partial charge in [-0.15, -0.1) is 5.10 Å². The Labute approximate surface area is 207 Å². The lowest BCUT2D eigenvalue weighted by molar-refractivity contribution is 0.0682. The van der Waals surface area contributed by atoms with Gasteiger partial charge in [0.15, 0.2) is 0 Å². The average Bonchev–Trinajstić information content (AvgIpc) is 3.27. The van der Waals surface area contributed by atoms with E-state index in [4.69, 9.17) is 28.8 Å². The van der Waals surface area contributed by atoms with E-state index in [9.17, 15) is 0 Å². The van der Waals surface area contributed by atoms with E-state index < -0.39 is 0 Å². The van der Waals surface area contributed by atoms with Gasteiger partial charge in [-0.1, -0.05) is 13.0 Å². The first-order valence-electron chi connectivity index (χ1n) is 12.3. The topological polar surface area (TPSA) is 66.7 Å². The maximum absolute atomic E-state index is 5.82. The summed E-state index contributed by atoms with van der Waals surface area (Å²) in [4.78, 5) is 2.43. The van der Waals surface area contributed by atoms with Crippen molar-refractivity contribution in [3.05, 3.63) is 35.9 Å². The summed E-state index contributed by atoms with van der Waals surface area (Å²) in [6.45, 7) is 6.22. The number of benzene rings is 1. The van der Waals surface area contributed by atoms with E-state index in [0.717, 1.165) is 73.6 Å². The minimum Gasteiger partial charge on any atom is -0.496 e. The molecule has 0 saturated carbocycles. The highest BCUT2D eigenvalue weighted by atomic mass is 16.5. The first-order chi connectivity index (χ1) is 17.1.